The molecule has 1 heterocycles. The number of methoxy groups -OCH3 is 3. The molecule has 3 aromatic rings. The van der Waals surface area contributed by atoms with Crippen LogP contribution in [0.1, 0.15) is 42.1 Å². The van der Waals surface area contributed by atoms with Gasteiger partial charge in [0.2, 0.25) is 5.75 Å². The number of ether oxygens (including phenoxy) is 3. The Bertz CT molecular complexity index is 1050. The fourth-order valence-electron chi connectivity index (χ4n) is 4.38. The maximum Gasteiger partial charge on any atom is 0.303 e. The minimum absolute atomic E-state index is 0.0822. The minimum atomic E-state index is -0.811. The molecule has 0 fully saturated rings. The van der Waals surface area contributed by atoms with Gasteiger partial charge < -0.3 is 29.0 Å². The molecular formula is C28H35NO6. The summed E-state index contributed by atoms with van der Waals surface area (Å²) in [5, 5.41) is 20.5. The van der Waals surface area contributed by atoms with Gasteiger partial charge in [0.05, 0.1) is 27.4 Å². The van der Waals surface area contributed by atoms with Gasteiger partial charge in [0, 0.05) is 31.3 Å². The van der Waals surface area contributed by atoms with E-state index in [1.54, 1.807) is 33.5 Å². The van der Waals surface area contributed by atoms with Gasteiger partial charge in [-0.05, 0) is 60.6 Å². The largest absolute Gasteiger partial charge is 0.493 e. The first-order chi connectivity index (χ1) is 16.9. The van der Waals surface area contributed by atoms with Crippen LogP contribution in [0.2, 0.25) is 0 Å². The average Bonchev–Trinajstić information content (AvgIpc) is 3.33. The number of hydrogen-bond acceptors (Lipinski definition) is 5. The van der Waals surface area contributed by atoms with Crippen molar-refractivity contribution in [3.63, 3.8) is 0 Å². The molecule has 0 spiro atoms. The molecule has 0 amide bonds. The number of aliphatic carboxylic acids is 1. The van der Waals surface area contributed by atoms with Crippen LogP contribution in [0, 0.1) is 5.92 Å². The number of aryl methyl sites for hydroxylation is 2. The molecule has 7 heteroatoms. The molecule has 188 valence electrons. The molecule has 0 aliphatic rings. The minimum Gasteiger partial charge on any atom is -0.493 e. The molecule has 0 aliphatic heterocycles. The lowest BCUT2D eigenvalue weighted by Crippen LogP contribution is -2.19. The predicted molar refractivity (Wildman–Crippen MR) is 134 cm³/mol. The van der Waals surface area contributed by atoms with E-state index in [0.717, 1.165) is 24.8 Å². The Kier molecular flexibility index (Phi) is 9.61. The van der Waals surface area contributed by atoms with E-state index in [4.69, 9.17) is 19.3 Å². The zero-order valence-electron chi connectivity index (χ0n) is 20.6. The van der Waals surface area contributed by atoms with E-state index in [1.807, 2.05) is 41.2 Å². The number of aromatic nitrogens is 1. The van der Waals surface area contributed by atoms with Crippen LogP contribution in [0.15, 0.2) is 60.9 Å². The standard InChI is InChI=1S/C28H35NO6/c1-33-24-16-23(17-25(34-2)28(24)35-3)27(32)22(11-7-10-20-8-5-4-6-9-20)19-29-15-14-21(18-29)12-13-26(30)31/h4-6,8-9,14-18,22,27,32H,7,10-13,19H2,1-3H3,(H,30,31). The highest BCUT2D eigenvalue weighted by Gasteiger charge is 2.25. The van der Waals surface area contributed by atoms with Crippen molar-refractivity contribution in [1.29, 1.82) is 0 Å². The molecule has 2 N–H and O–H groups in total. The van der Waals surface area contributed by atoms with Gasteiger partial charge in [0.1, 0.15) is 0 Å². The van der Waals surface area contributed by atoms with Crippen LogP contribution in [0.5, 0.6) is 17.2 Å². The number of aliphatic hydroxyl groups excluding tert-OH is 1. The Morgan fingerprint density at radius 2 is 1.63 bits per heavy atom. The van der Waals surface area contributed by atoms with E-state index in [1.165, 1.54) is 5.56 Å². The van der Waals surface area contributed by atoms with E-state index < -0.39 is 12.1 Å². The zero-order valence-corrected chi connectivity index (χ0v) is 20.6. The number of carboxylic acid groups (broad SMARTS) is 1. The van der Waals surface area contributed by atoms with Gasteiger partial charge in [-0.15, -0.1) is 0 Å². The van der Waals surface area contributed by atoms with Gasteiger partial charge in [-0.1, -0.05) is 30.3 Å². The topological polar surface area (TPSA) is 90.2 Å². The molecule has 0 aliphatic carbocycles. The van der Waals surface area contributed by atoms with Crippen molar-refractivity contribution in [2.45, 2.75) is 44.8 Å². The lowest BCUT2D eigenvalue weighted by atomic mass is 9.89. The second-order valence-electron chi connectivity index (χ2n) is 8.65. The highest BCUT2D eigenvalue weighted by molar-refractivity contribution is 5.67. The normalized spacial score (nSPS) is 12.7. The molecule has 1 aromatic heterocycles. The van der Waals surface area contributed by atoms with Crippen LogP contribution < -0.4 is 14.2 Å². The van der Waals surface area contributed by atoms with Gasteiger partial charge in [0.15, 0.2) is 11.5 Å². The van der Waals surface area contributed by atoms with Crippen LogP contribution >= 0.6 is 0 Å². The molecule has 0 radical (unpaired) electrons. The molecule has 0 saturated heterocycles. The van der Waals surface area contributed by atoms with Crippen LogP contribution in [0.3, 0.4) is 0 Å². The molecule has 2 atom stereocenters. The first-order valence-corrected chi connectivity index (χ1v) is 11.8. The molecule has 2 unspecified atom stereocenters. The fourth-order valence-corrected chi connectivity index (χ4v) is 4.38. The second-order valence-corrected chi connectivity index (χ2v) is 8.65. The summed E-state index contributed by atoms with van der Waals surface area (Å²) in [6.07, 6.45) is 6.38. The van der Waals surface area contributed by atoms with Gasteiger partial charge >= 0.3 is 5.97 Å². The molecule has 3 rings (SSSR count). The maximum atomic E-state index is 11.5. The van der Waals surface area contributed by atoms with Crippen LogP contribution in [0.4, 0.5) is 0 Å². The molecule has 7 nitrogen and oxygen atoms in total. The summed E-state index contributed by atoms with van der Waals surface area (Å²) in [6, 6.07) is 15.8. The smallest absolute Gasteiger partial charge is 0.303 e. The fraction of sp³-hybridized carbons (Fsp3) is 0.393. The average molecular weight is 482 g/mol. The lowest BCUT2D eigenvalue weighted by molar-refractivity contribution is -0.136. The van der Waals surface area contributed by atoms with Gasteiger partial charge in [0.25, 0.3) is 0 Å². The number of hydrogen-bond donors (Lipinski definition) is 2. The van der Waals surface area contributed by atoms with Gasteiger partial charge in [-0.3, -0.25) is 4.79 Å². The summed E-state index contributed by atoms with van der Waals surface area (Å²) in [4.78, 5) is 10.9. The second kappa shape index (κ2) is 12.9. The van der Waals surface area contributed by atoms with Crippen LogP contribution in [-0.2, 0) is 24.2 Å². The highest BCUT2D eigenvalue weighted by Crippen LogP contribution is 2.41. The van der Waals surface area contributed by atoms with Crippen molar-refractivity contribution >= 4 is 5.97 Å². The quantitative estimate of drug-likeness (QED) is 0.340. The summed E-state index contributed by atoms with van der Waals surface area (Å²) in [6.45, 7) is 0.597. The maximum absolute atomic E-state index is 11.5. The van der Waals surface area contributed by atoms with Crippen molar-refractivity contribution in [2.75, 3.05) is 21.3 Å². The first kappa shape index (κ1) is 26.2. The lowest BCUT2D eigenvalue weighted by Gasteiger charge is -2.25. The SMILES string of the molecule is COc1cc(C(O)C(CCCc2ccccc2)Cn2ccc(CCC(=O)O)c2)cc(OC)c1OC. The third-order valence-electron chi connectivity index (χ3n) is 6.24. The van der Waals surface area contributed by atoms with Crippen molar-refractivity contribution in [3.8, 4) is 17.2 Å². The highest BCUT2D eigenvalue weighted by atomic mass is 16.5. The Morgan fingerprint density at radius 1 is 0.943 bits per heavy atom. The summed E-state index contributed by atoms with van der Waals surface area (Å²) >= 11 is 0. The van der Waals surface area contributed by atoms with Crippen molar-refractivity contribution in [1.82, 2.24) is 4.57 Å². The Morgan fingerprint density at radius 3 is 2.23 bits per heavy atom. The number of carboxylic acids is 1. The zero-order chi connectivity index (χ0) is 25.2. The number of nitrogens with zero attached hydrogens (tertiary/aromatic N) is 1. The number of benzene rings is 2. The van der Waals surface area contributed by atoms with Crippen molar-refractivity contribution in [2.24, 2.45) is 5.92 Å². The number of rotatable bonds is 14. The Labute approximate surface area is 206 Å². The van der Waals surface area contributed by atoms with Crippen molar-refractivity contribution < 1.29 is 29.2 Å². The molecule has 0 saturated carbocycles. The first-order valence-electron chi connectivity index (χ1n) is 11.8. The van der Waals surface area contributed by atoms with E-state index in [-0.39, 0.29) is 12.3 Å². The van der Waals surface area contributed by atoms with E-state index in [0.29, 0.717) is 35.8 Å². The number of aliphatic hydroxyl groups is 1. The Hall–Kier alpha value is -3.45. The molecule has 35 heavy (non-hydrogen) atoms. The molecular weight excluding hydrogens is 446 g/mol. The summed E-state index contributed by atoms with van der Waals surface area (Å²) in [5.41, 5.74) is 2.94. The van der Waals surface area contributed by atoms with E-state index in [2.05, 4.69) is 12.1 Å². The van der Waals surface area contributed by atoms with E-state index >= 15 is 0 Å². The van der Waals surface area contributed by atoms with Gasteiger partial charge in [-0.2, -0.15) is 0 Å². The van der Waals surface area contributed by atoms with Crippen LogP contribution in [0.25, 0.3) is 0 Å². The summed E-state index contributed by atoms with van der Waals surface area (Å²) < 4.78 is 18.4. The van der Waals surface area contributed by atoms with Crippen molar-refractivity contribution in [3.05, 3.63) is 77.6 Å². The summed E-state index contributed by atoms with van der Waals surface area (Å²) in [7, 11) is 4.67. The Balaban J connectivity index is 1.81. The monoisotopic (exact) mass is 481 g/mol. The number of carbonyl (C=O) groups is 1. The van der Waals surface area contributed by atoms with Gasteiger partial charge in [-0.25, -0.2) is 0 Å². The summed E-state index contributed by atoms with van der Waals surface area (Å²) in [5.74, 6) is 0.595. The molecule has 0 bridgehead atoms. The third kappa shape index (κ3) is 7.26. The third-order valence-corrected chi connectivity index (χ3v) is 6.24. The van der Waals surface area contributed by atoms with E-state index in [9.17, 15) is 9.90 Å². The predicted octanol–water partition coefficient (Wildman–Crippen LogP) is 4.90. The van der Waals surface area contributed by atoms with Crippen LogP contribution in [-0.4, -0.2) is 42.1 Å². The molecule has 2 aromatic carbocycles.